The first-order valence-electron chi connectivity index (χ1n) is 8.87. The van der Waals surface area contributed by atoms with Crippen LogP contribution in [0.4, 0.5) is 4.79 Å². The van der Waals surface area contributed by atoms with Crippen molar-refractivity contribution >= 4 is 17.5 Å². The van der Waals surface area contributed by atoms with Crippen LogP contribution in [0, 0.1) is 33.1 Å². The highest BCUT2D eigenvalue weighted by Crippen LogP contribution is 2.31. The van der Waals surface area contributed by atoms with Crippen LogP contribution in [0.1, 0.15) is 45.4 Å². The smallest absolute Gasteiger partial charge is 0.434 e. The van der Waals surface area contributed by atoms with Gasteiger partial charge < -0.3 is 10.1 Å². The summed E-state index contributed by atoms with van der Waals surface area (Å²) in [5.74, 6) is 0. The van der Waals surface area contributed by atoms with E-state index in [0.717, 1.165) is 23.1 Å². The average molecular weight is 348 g/mol. The summed E-state index contributed by atoms with van der Waals surface area (Å²) in [6, 6.07) is 9.52. The monoisotopic (exact) mass is 348 g/mol. The van der Waals surface area contributed by atoms with E-state index >= 15 is 0 Å². The van der Waals surface area contributed by atoms with Crippen LogP contribution in [-0.4, -0.2) is 17.5 Å². The molecule has 0 saturated carbocycles. The molecule has 134 valence electrons. The van der Waals surface area contributed by atoms with Gasteiger partial charge in [-0.15, -0.1) is 0 Å². The minimum atomic E-state index is -0.642. The van der Waals surface area contributed by atoms with E-state index < -0.39 is 6.09 Å². The first-order chi connectivity index (χ1) is 12.4. The molecule has 0 aromatic heterocycles. The zero-order chi connectivity index (χ0) is 18.8. The highest BCUT2D eigenvalue weighted by atomic mass is 16.5. The van der Waals surface area contributed by atoms with Crippen LogP contribution < -0.4 is 0 Å². The number of fused-ring (bicyclic) bond motifs is 1. The van der Waals surface area contributed by atoms with Crippen molar-refractivity contribution in [2.45, 2.75) is 47.1 Å². The number of benzene rings is 2. The Bertz CT molecular complexity index is 912. The van der Waals surface area contributed by atoms with Gasteiger partial charge in [0.2, 0.25) is 0 Å². The summed E-state index contributed by atoms with van der Waals surface area (Å²) in [5.41, 5.74) is 8.74. The molecular weight excluding hydrogens is 324 g/mol. The number of nitrogens with zero attached hydrogens (tertiary/aromatic N) is 1. The minimum Gasteiger partial charge on any atom is -0.443 e. The molecule has 0 spiro atoms. The lowest BCUT2D eigenvalue weighted by molar-refractivity contribution is 0.151. The first kappa shape index (κ1) is 18.1. The molecule has 0 heterocycles. The number of nitrogens with one attached hydrogen (secondary N) is 1. The lowest BCUT2D eigenvalue weighted by Gasteiger charge is -2.26. The van der Waals surface area contributed by atoms with Crippen molar-refractivity contribution in [2.75, 3.05) is 0 Å². The number of amides is 1. The Kier molecular flexibility index (Phi) is 5.03. The summed E-state index contributed by atoms with van der Waals surface area (Å²) >= 11 is 0. The van der Waals surface area contributed by atoms with Crippen LogP contribution in [0.5, 0.6) is 0 Å². The molecule has 1 aliphatic carbocycles. The Morgan fingerprint density at radius 3 is 2.35 bits per heavy atom. The van der Waals surface area contributed by atoms with E-state index in [9.17, 15) is 4.79 Å². The third-order valence-corrected chi connectivity index (χ3v) is 5.37. The van der Waals surface area contributed by atoms with Crippen LogP contribution in [-0.2, 0) is 17.8 Å². The lowest BCUT2D eigenvalue weighted by atomic mass is 9.79. The quantitative estimate of drug-likeness (QED) is 0.829. The fraction of sp³-hybridized carbons (Fsp3) is 0.318. The number of carbonyl (C=O) groups is 1. The Hall–Kier alpha value is -2.75. The van der Waals surface area contributed by atoms with Gasteiger partial charge in [0.15, 0.2) is 0 Å². The number of carbonyl (C=O) groups excluding carboxylic acids is 1. The van der Waals surface area contributed by atoms with E-state index in [1.807, 2.05) is 37.3 Å². The zero-order valence-corrected chi connectivity index (χ0v) is 15.8. The van der Waals surface area contributed by atoms with Gasteiger partial charge in [-0.2, -0.15) is 4.99 Å². The van der Waals surface area contributed by atoms with E-state index in [0.29, 0.717) is 17.8 Å². The van der Waals surface area contributed by atoms with Gasteiger partial charge in [0, 0.05) is 5.56 Å². The molecule has 0 bridgehead atoms. The number of rotatable bonds is 2. The summed E-state index contributed by atoms with van der Waals surface area (Å²) in [7, 11) is 0. The Morgan fingerprint density at radius 1 is 1.00 bits per heavy atom. The SMILES string of the molecule is Cc1c(C)c(C)c2c(c1C)CCC(=N)/C2=N/C(=O)OCc1ccccc1. The summed E-state index contributed by atoms with van der Waals surface area (Å²) in [5, 5.41) is 8.32. The maximum atomic E-state index is 12.3. The molecule has 1 aliphatic rings. The molecule has 1 N–H and O–H groups in total. The molecule has 0 aliphatic heterocycles. The van der Waals surface area contributed by atoms with Crippen molar-refractivity contribution in [1.29, 1.82) is 5.41 Å². The summed E-state index contributed by atoms with van der Waals surface area (Å²) in [6.45, 7) is 8.55. The second-order valence-electron chi connectivity index (χ2n) is 6.83. The van der Waals surface area contributed by atoms with Crippen molar-refractivity contribution in [3.63, 3.8) is 0 Å². The van der Waals surface area contributed by atoms with Crippen LogP contribution in [0.2, 0.25) is 0 Å². The van der Waals surface area contributed by atoms with E-state index in [-0.39, 0.29) is 6.61 Å². The molecule has 4 nitrogen and oxygen atoms in total. The molecule has 1 amide bonds. The van der Waals surface area contributed by atoms with Gasteiger partial charge in [-0.25, -0.2) is 4.79 Å². The van der Waals surface area contributed by atoms with E-state index in [1.165, 1.54) is 22.3 Å². The predicted octanol–water partition coefficient (Wildman–Crippen LogP) is 5.01. The molecule has 2 aromatic rings. The molecule has 0 fully saturated rings. The van der Waals surface area contributed by atoms with Gasteiger partial charge in [0.05, 0.1) is 11.4 Å². The van der Waals surface area contributed by atoms with Crippen molar-refractivity contribution in [1.82, 2.24) is 0 Å². The van der Waals surface area contributed by atoms with Crippen LogP contribution >= 0.6 is 0 Å². The van der Waals surface area contributed by atoms with Crippen molar-refractivity contribution in [3.8, 4) is 0 Å². The van der Waals surface area contributed by atoms with Gasteiger partial charge in [0.1, 0.15) is 6.61 Å². The van der Waals surface area contributed by atoms with Gasteiger partial charge in [-0.3, -0.25) is 0 Å². The zero-order valence-electron chi connectivity index (χ0n) is 15.8. The van der Waals surface area contributed by atoms with Crippen molar-refractivity contribution in [2.24, 2.45) is 4.99 Å². The molecule has 0 saturated heterocycles. The van der Waals surface area contributed by atoms with Crippen LogP contribution in [0.25, 0.3) is 0 Å². The van der Waals surface area contributed by atoms with E-state index in [1.54, 1.807) is 0 Å². The second kappa shape index (κ2) is 7.24. The molecule has 0 atom stereocenters. The maximum Gasteiger partial charge on any atom is 0.434 e. The van der Waals surface area contributed by atoms with Gasteiger partial charge >= 0.3 is 6.09 Å². The lowest BCUT2D eigenvalue weighted by Crippen LogP contribution is -2.27. The van der Waals surface area contributed by atoms with Crippen LogP contribution in [0.15, 0.2) is 35.3 Å². The van der Waals surface area contributed by atoms with Gasteiger partial charge in [-0.05, 0) is 73.9 Å². The first-order valence-corrected chi connectivity index (χ1v) is 8.87. The standard InChI is InChI=1S/C22H24N2O2/c1-13-14(2)16(4)20-18(15(13)3)10-11-19(23)21(20)24-22(25)26-12-17-8-6-5-7-9-17/h5-9,23H,10-12H2,1-4H3/b23-19?,24-21-. The second-order valence-corrected chi connectivity index (χ2v) is 6.83. The molecular formula is C22H24N2O2. The number of ether oxygens (including phenoxy) is 1. The van der Waals surface area contributed by atoms with Gasteiger partial charge in [-0.1, -0.05) is 30.3 Å². The highest BCUT2D eigenvalue weighted by Gasteiger charge is 2.27. The average Bonchev–Trinajstić information content (AvgIpc) is 2.65. The van der Waals surface area contributed by atoms with E-state index in [2.05, 4.69) is 25.8 Å². The molecule has 26 heavy (non-hydrogen) atoms. The summed E-state index contributed by atoms with van der Waals surface area (Å²) in [6.07, 6.45) is 0.775. The topological polar surface area (TPSA) is 62.5 Å². The molecule has 0 unspecified atom stereocenters. The Labute approximate surface area is 154 Å². The molecule has 4 heteroatoms. The third-order valence-electron chi connectivity index (χ3n) is 5.37. The molecule has 3 rings (SSSR count). The largest absolute Gasteiger partial charge is 0.443 e. The van der Waals surface area contributed by atoms with Gasteiger partial charge in [0.25, 0.3) is 0 Å². The number of hydrogen-bond donors (Lipinski definition) is 1. The fourth-order valence-electron chi connectivity index (χ4n) is 3.51. The minimum absolute atomic E-state index is 0.182. The van der Waals surface area contributed by atoms with Crippen molar-refractivity contribution < 1.29 is 9.53 Å². The fourth-order valence-corrected chi connectivity index (χ4v) is 3.51. The number of aliphatic imine (C=N–C) groups is 1. The maximum absolute atomic E-state index is 12.3. The predicted molar refractivity (Wildman–Crippen MR) is 105 cm³/mol. The summed E-state index contributed by atoms with van der Waals surface area (Å²) in [4.78, 5) is 16.5. The van der Waals surface area contributed by atoms with E-state index in [4.69, 9.17) is 10.1 Å². The normalized spacial score (nSPS) is 15.1. The third kappa shape index (κ3) is 3.32. The molecule has 0 radical (unpaired) electrons. The molecule has 2 aromatic carbocycles. The highest BCUT2D eigenvalue weighted by molar-refractivity contribution is 6.49. The van der Waals surface area contributed by atoms with Crippen LogP contribution in [0.3, 0.4) is 0 Å². The summed E-state index contributed by atoms with van der Waals surface area (Å²) < 4.78 is 5.30. The number of hydrogen-bond acceptors (Lipinski definition) is 3. The van der Waals surface area contributed by atoms with Crippen molar-refractivity contribution in [3.05, 3.63) is 69.3 Å². The Morgan fingerprint density at radius 2 is 1.65 bits per heavy atom. The Balaban J connectivity index is 1.94.